The standard InChI is InChI=1S/C14H10F3NO/c15-14(16,17)13(19)8-9-18-12-7-3-5-10-4-1-2-6-11(10)12/h1-9,18H. The molecule has 0 fully saturated rings. The monoisotopic (exact) mass is 265 g/mol. The number of rotatable bonds is 3. The van der Waals surface area contributed by atoms with Crippen molar-refractivity contribution in [1.29, 1.82) is 0 Å². The highest BCUT2D eigenvalue weighted by Crippen LogP contribution is 2.23. The quantitative estimate of drug-likeness (QED) is 0.853. The molecule has 1 N–H and O–H groups in total. The van der Waals surface area contributed by atoms with Gasteiger partial charge in [-0.1, -0.05) is 36.4 Å². The summed E-state index contributed by atoms with van der Waals surface area (Å²) in [5, 5.41) is 4.52. The number of halogens is 3. The fourth-order valence-electron chi connectivity index (χ4n) is 1.65. The molecule has 5 heteroatoms. The first-order valence-corrected chi connectivity index (χ1v) is 5.50. The van der Waals surface area contributed by atoms with Crippen LogP contribution in [0.2, 0.25) is 0 Å². The lowest BCUT2D eigenvalue weighted by atomic mass is 10.1. The zero-order valence-corrected chi connectivity index (χ0v) is 9.74. The Morgan fingerprint density at radius 1 is 1.05 bits per heavy atom. The van der Waals surface area contributed by atoms with E-state index in [1.165, 1.54) is 0 Å². The number of carbonyl (C=O) groups excluding carboxylic acids is 1. The average Bonchev–Trinajstić information content (AvgIpc) is 2.38. The summed E-state index contributed by atoms with van der Waals surface area (Å²) >= 11 is 0. The van der Waals surface area contributed by atoms with E-state index in [0.717, 1.165) is 17.0 Å². The van der Waals surface area contributed by atoms with Crippen molar-refractivity contribution in [2.75, 3.05) is 5.32 Å². The van der Waals surface area contributed by atoms with E-state index in [2.05, 4.69) is 5.32 Å². The third kappa shape index (κ3) is 3.13. The molecule has 0 saturated carbocycles. The molecular weight excluding hydrogens is 255 g/mol. The summed E-state index contributed by atoms with van der Waals surface area (Å²) < 4.78 is 36.0. The van der Waals surface area contributed by atoms with Gasteiger partial charge in [-0.15, -0.1) is 0 Å². The topological polar surface area (TPSA) is 29.1 Å². The van der Waals surface area contributed by atoms with Crippen LogP contribution in [-0.2, 0) is 4.79 Å². The van der Waals surface area contributed by atoms with Crippen molar-refractivity contribution >= 4 is 22.2 Å². The number of fused-ring (bicyclic) bond motifs is 1. The van der Waals surface area contributed by atoms with Crippen LogP contribution in [0.15, 0.2) is 54.7 Å². The van der Waals surface area contributed by atoms with Crippen LogP contribution in [0.4, 0.5) is 18.9 Å². The number of allylic oxidation sites excluding steroid dienone is 1. The second kappa shape index (κ2) is 5.14. The molecule has 2 aromatic carbocycles. The largest absolute Gasteiger partial charge is 0.454 e. The normalized spacial score (nSPS) is 11.9. The molecule has 0 aliphatic carbocycles. The number of hydrogen-bond donors (Lipinski definition) is 1. The van der Waals surface area contributed by atoms with E-state index in [4.69, 9.17) is 0 Å². The number of ketones is 1. The van der Waals surface area contributed by atoms with Gasteiger partial charge in [0.1, 0.15) is 0 Å². The van der Waals surface area contributed by atoms with Crippen LogP contribution in [-0.4, -0.2) is 12.0 Å². The third-order valence-corrected chi connectivity index (χ3v) is 2.54. The van der Waals surface area contributed by atoms with Gasteiger partial charge in [0.15, 0.2) is 0 Å². The van der Waals surface area contributed by atoms with E-state index >= 15 is 0 Å². The van der Waals surface area contributed by atoms with E-state index in [1.54, 1.807) is 12.1 Å². The number of benzene rings is 2. The van der Waals surface area contributed by atoms with Gasteiger partial charge in [-0.25, -0.2) is 0 Å². The molecule has 0 aliphatic rings. The Bertz CT molecular complexity index is 627. The van der Waals surface area contributed by atoms with Crippen molar-refractivity contribution in [2.24, 2.45) is 0 Å². The van der Waals surface area contributed by atoms with E-state index < -0.39 is 12.0 Å². The first-order chi connectivity index (χ1) is 8.98. The molecule has 2 rings (SSSR count). The maximum atomic E-state index is 12.0. The molecule has 0 amide bonds. The van der Waals surface area contributed by atoms with Crippen LogP contribution in [0, 0.1) is 0 Å². The number of alkyl halides is 3. The van der Waals surface area contributed by atoms with Crippen molar-refractivity contribution in [3.63, 3.8) is 0 Å². The molecule has 0 unspecified atom stereocenters. The van der Waals surface area contributed by atoms with Crippen molar-refractivity contribution in [3.8, 4) is 0 Å². The minimum atomic E-state index is -4.84. The van der Waals surface area contributed by atoms with Crippen molar-refractivity contribution < 1.29 is 18.0 Å². The Kier molecular flexibility index (Phi) is 3.55. The fraction of sp³-hybridized carbons (Fsp3) is 0.0714. The molecule has 2 aromatic rings. The van der Waals surface area contributed by atoms with Gasteiger partial charge in [-0.05, 0) is 11.5 Å². The third-order valence-electron chi connectivity index (χ3n) is 2.54. The Balaban J connectivity index is 2.19. The molecule has 98 valence electrons. The molecule has 0 radical (unpaired) electrons. The first-order valence-electron chi connectivity index (χ1n) is 5.50. The van der Waals surface area contributed by atoms with Gasteiger partial charge < -0.3 is 5.32 Å². The Labute approximate surface area is 107 Å². The molecule has 19 heavy (non-hydrogen) atoms. The highest BCUT2D eigenvalue weighted by Gasteiger charge is 2.35. The van der Waals surface area contributed by atoms with Crippen LogP contribution >= 0.6 is 0 Å². The lowest BCUT2D eigenvalue weighted by Gasteiger charge is -2.06. The predicted molar refractivity (Wildman–Crippen MR) is 67.8 cm³/mol. The number of hydrogen-bond acceptors (Lipinski definition) is 2. The SMILES string of the molecule is O=C(C=CNc1cccc2ccccc12)C(F)(F)F. The Hall–Kier alpha value is -2.30. The number of anilines is 1. The van der Waals surface area contributed by atoms with Gasteiger partial charge in [-0.2, -0.15) is 13.2 Å². The second-order valence-corrected chi connectivity index (χ2v) is 3.87. The highest BCUT2D eigenvalue weighted by molar-refractivity contribution is 5.96. The Morgan fingerprint density at radius 3 is 2.47 bits per heavy atom. The molecule has 0 aliphatic heterocycles. The second-order valence-electron chi connectivity index (χ2n) is 3.87. The zero-order valence-electron chi connectivity index (χ0n) is 9.74. The maximum absolute atomic E-state index is 12.0. The molecule has 2 nitrogen and oxygen atoms in total. The van der Waals surface area contributed by atoms with Crippen LogP contribution in [0.1, 0.15) is 0 Å². The maximum Gasteiger partial charge on any atom is 0.454 e. The molecule has 0 bridgehead atoms. The summed E-state index contributed by atoms with van der Waals surface area (Å²) in [6.07, 6.45) is -3.36. The van der Waals surface area contributed by atoms with E-state index in [-0.39, 0.29) is 0 Å². The molecule has 0 spiro atoms. The van der Waals surface area contributed by atoms with Gasteiger partial charge in [0.05, 0.1) is 0 Å². The lowest BCUT2D eigenvalue weighted by Crippen LogP contribution is -2.20. The summed E-state index contributed by atoms with van der Waals surface area (Å²) in [5.41, 5.74) is 0.643. The number of nitrogens with one attached hydrogen (secondary N) is 1. The van der Waals surface area contributed by atoms with Gasteiger partial charge in [0.2, 0.25) is 0 Å². The minimum absolute atomic E-state index is 0.474. The summed E-state index contributed by atoms with van der Waals surface area (Å²) in [5.74, 6) is -1.89. The zero-order chi connectivity index (χ0) is 13.9. The van der Waals surface area contributed by atoms with Crippen LogP contribution in [0.3, 0.4) is 0 Å². The van der Waals surface area contributed by atoms with Gasteiger partial charge in [0, 0.05) is 23.3 Å². The van der Waals surface area contributed by atoms with Crippen molar-refractivity contribution in [1.82, 2.24) is 0 Å². The van der Waals surface area contributed by atoms with Crippen molar-refractivity contribution in [2.45, 2.75) is 6.18 Å². The average molecular weight is 265 g/mol. The lowest BCUT2D eigenvalue weighted by molar-refractivity contribution is -0.165. The van der Waals surface area contributed by atoms with Crippen LogP contribution < -0.4 is 5.32 Å². The summed E-state index contributed by atoms with van der Waals surface area (Å²) in [6.45, 7) is 0. The summed E-state index contributed by atoms with van der Waals surface area (Å²) in [7, 11) is 0. The first kappa shape index (κ1) is 13.1. The molecule has 0 atom stereocenters. The number of carbonyl (C=O) groups is 1. The molecule has 0 heterocycles. The predicted octanol–water partition coefficient (Wildman–Crippen LogP) is 3.90. The van der Waals surface area contributed by atoms with E-state index in [9.17, 15) is 18.0 Å². The van der Waals surface area contributed by atoms with E-state index in [0.29, 0.717) is 11.8 Å². The van der Waals surface area contributed by atoms with Gasteiger partial charge >= 0.3 is 6.18 Å². The molecule has 0 saturated heterocycles. The minimum Gasteiger partial charge on any atom is -0.361 e. The molecule has 0 aromatic heterocycles. The summed E-state index contributed by atoms with van der Waals surface area (Å²) in [6, 6.07) is 12.8. The van der Waals surface area contributed by atoms with Gasteiger partial charge in [-0.3, -0.25) is 4.79 Å². The van der Waals surface area contributed by atoms with E-state index in [1.807, 2.05) is 30.3 Å². The fourth-order valence-corrected chi connectivity index (χ4v) is 1.65. The van der Waals surface area contributed by atoms with Crippen LogP contribution in [0.25, 0.3) is 10.8 Å². The summed E-state index contributed by atoms with van der Waals surface area (Å²) in [4.78, 5) is 10.7. The Morgan fingerprint density at radius 2 is 1.74 bits per heavy atom. The van der Waals surface area contributed by atoms with Crippen molar-refractivity contribution in [3.05, 3.63) is 54.7 Å². The smallest absolute Gasteiger partial charge is 0.361 e. The highest BCUT2D eigenvalue weighted by atomic mass is 19.4. The van der Waals surface area contributed by atoms with Crippen LogP contribution in [0.5, 0.6) is 0 Å². The molecular formula is C14H10F3NO. The van der Waals surface area contributed by atoms with Gasteiger partial charge in [0.25, 0.3) is 5.78 Å².